The lowest BCUT2D eigenvalue weighted by Crippen LogP contribution is -2.48. The second kappa shape index (κ2) is 8.04. The summed E-state index contributed by atoms with van der Waals surface area (Å²) in [5.74, 6) is -0.355. The van der Waals surface area contributed by atoms with E-state index in [1.165, 1.54) is 4.90 Å². The van der Waals surface area contributed by atoms with Gasteiger partial charge in [-0.05, 0) is 58.2 Å². The zero-order chi connectivity index (χ0) is 20.4. The number of urea groups is 1. The van der Waals surface area contributed by atoms with Gasteiger partial charge in [-0.15, -0.1) is 0 Å². The largest absolute Gasteiger partial charge is 0.459 e. The molecule has 0 spiro atoms. The van der Waals surface area contributed by atoms with Crippen molar-refractivity contribution in [2.45, 2.75) is 52.7 Å². The molecule has 1 atom stereocenters. The molecule has 1 aliphatic heterocycles. The molecule has 1 aromatic rings. The number of hydrogen-bond acceptors (Lipinski definition) is 4. The number of ether oxygens (including phenoxy) is 1. The summed E-state index contributed by atoms with van der Waals surface area (Å²) in [4.78, 5) is 38.9. The fourth-order valence-corrected chi connectivity index (χ4v) is 3.34. The van der Waals surface area contributed by atoms with E-state index in [-0.39, 0.29) is 24.0 Å². The Morgan fingerprint density at radius 2 is 2.04 bits per heavy atom. The van der Waals surface area contributed by atoms with Crippen LogP contribution in [0.2, 0.25) is 0 Å². The van der Waals surface area contributed by atoms with Gasteiger partial charge in [-0.25, -0.2) is 9.59 Å². The van der Waals surface area contributed by atoms with E-state index in [1.807, 2.05) is 13.0 Å². The Labute approximate surface area is 165 Å². The number of carbonyl (C=O) groups excluding carboxylic acids is 3. The van der Waals surface area contributed by atoms with Gasteiger partial charge in [0.05, 0.1) is 17.7 Å². The number of anilines is 1. The summed E-state index contributed by atoms with van der Waals surface area (Å²) in [5, 5.41) is 5.81. The van der Waals surface area contributed by atoms with Crippen molar-refractivity contribution in [3.63, 3.8) is 0 Å². The Hall–Kier alpha value is -2.83. The molecule has 0 bridgehead atoms. The first-order valence-electron chi connectivity index (χ1n) is 9.72. The summed E-state index contributed by atoms with van der Waals surface area (Å²) in [6, 6.07) is 6.32. The van der Waals surface area contributed by atoms with Crippen molar-refractivity contribution in [3.8, 4) is 0 Å². The predicted molar refractivity (Wildman–Crippen MR) is 105 cm³/mol. The molecule has 0 aromatic heterocycles. The standard InChI is InChI=1S/C21H27N3O4/c1-5-24-13(4)17(20(26)28-12(2)3)18(23-21(24)27)15-7-6-8-16(11-15)22-19(25)14-9-10-14/h6-8,11-12,14,18H,5,9-10H2,1-4H3,(H,22,25)(H,23,27). The van der Waals surface area contributed by atoms with Crippen LogP contribution < -0.4 is 10.6 Å². The van der Waals surface area contributed by atoms with Gasteiger partial charge in [0.15, 0.2) is 0 Å². The zero-order valence-electron chi connectivity index (χ0n) is 16.7. The van der Waals surface area contributed by atoms with Gasteiger partial charge < -0.3 is 15.4 Å². The number of benzene rings is 1. The molecule has 2 N–H and O–H groups in total. The maximum Gasteiger partial charge on any atom is 0.338 e. The van der Waals surface area contributed by atoms with Gasteiger partial charge in [0.1, 0.15) is 0 Å². The molecule has 3 rings (SSSR count). The third-order valence-electron chi connectivity index (χ3n) is 4.91. The van der Waals surface area contributed by atoms with Crippen LogP contribution in [-0.4, -0.2) is 35.5 Å². The Morgan fingerprint density at radius 1 is 1.32 bits per heavy atom. The van der Waals surface area contributed by atoms with Crippen LogP contribution in [0.15, 0.2) is 35.5 Å². The number of nitrogens with zero attached hydrogens (tertiary/aromatic N) is 1. The van der Waals surface area contributed by atoms with Crippen molar-refractivity contribution in [3.05, 3.63) is 41.1 Å². The number of allylic oxidation sites excluding steroid dienone is 1. The van der Waals surface area contributed by atoms with Gasteiger partial charge in [0.2, 0.25) is 5.91 Å². The van der Waals surface area contributed by atoms with E-state index in [2.05, 4.69) is 10.6 Å². The predicted octanol–water partition coefficient (Wildman–Crippen LogP) is 3.35. The van der Waals surface area contributed by atoms with Crippen molar-refractivity contribution >= 4 is 23.6 Å². The smallest absolute Gasteiger partial charge is 0.338 e. The number of rotatable bonds is 6. The number of carbonyl (C=O) groups is 3. The van der Waals surface area contributed by atoms with E-state index in [0.29, 0.717) is 29.1 Å². The van der Waals surface area contributed by atoms with Crippen molar-refractivity contribution in [1.29, 1.82) is 0 Å². The second-order valence-electron chi connectivity index (χ2n) is 7.47. The van der Waals surface area contributed by atoms with Crippen LogP contribution >= 0.6 is 0 Å². The number of amides is 3. The van der Waals surface area contributed by atoms with E-state index in [4.69, 9.17) is 4.74 Å². The first-order valence-corrected chi connectivity index (χ1v) is 9.72. The first kappa shape index (κ1) is 19.9. The zero-order valence-corrected chi connectivity index (χ0v) is 16.7. The van der Waals surface area contributed by atoms with Crippen LogP contribution in [0.25, 0.3) is 0 Å². The van der Waals surface area contributed by atoms with Crippen LogP contribution in [0, 0.1) is 5.92 Å². The lowest BCUT2D eigenvalue weighted by Gasteiger charge is -2.35. The number of hydrogen-bond donors (Lipinski definition) is 2. The Morgan fingerprint density at radius 3 is 2.64 bits per heavy atom. The highest BCUT2D eigenvalue weighted by atomic mass is 16.5. The van der Waals surface area contributed by atoms with Crippen LogP contribution in [0.4, 0.5) is 10.5 Å². The minimum Gasteiger partial charge on any atom is -0.459 e. The van der Waals surface area contributed by atoms with Gasteiger partial charge in [-0.3, -0.25) is 9.69 Å². The van der Waals surface area contributed by atoms with Gasteiger partial charge >= 0.3 is 12.0 Å². The van der Waals surface area contributed by atoms with Crippen molar-refractivity contribution < 1.29 is 19.1 Å². The summed E-state index contributed by atoms with van der Waals surface area (Å²) in [5.41, 5.74) is 2.35. The minimum atomic E-state index is -0.640. The van der Waals surface area contributed by atoms with E-state index in [1.54, 1.807) is 39.0 Å². The SMILES string of the molecule is CCN1C(=O)NC(c2cccc(NC(=O)C3CC3)c2)C(C(=O)OC(C)C)=C1C. The highest BCUT2D eigenvalue weighted by molar-refractivity contribution is 5.96. The molecule has 0 saturated heterocycles. The topological polar surface area (TPSA) is 87.7 Å². The quantitative estimate of drug-likeness (QED) is 0.735. The summed E-state index contributed by atoms with van der Waals surface area (Å²) >= 11 is 0. The van der Waals surface area contributed by atoms with Crippen molar-refractivity contribution in [1.82, 2.24) is 10.2 Å². The molecule has 28 heavy (non-hydrogen) atoms. The highest BCUT2D eigenvalue weighted by Crippen LogP contribution is 2.33. The second-order valence-corrected chi connectivity index (χ2v) is 7.47. The molecular weight excluding hydrogens is 358 g/mol. The van der Waals surface area contributed by atoms with Gasteiger partial charge in [0.25, 0.3) is 0 Å². The maximum absolute atomic E-state index is 12.8. The number of nitrogens with one attached hydrogen (secondary N) is 2. The molecule has 0 radical (unpaired) electrons. The first-order chi connectivity index (χ1) is 13.3. The molecule has 7 nitrogen and oxygen atoms in total. The molecule has 1 aliphatic carbocycles. The molecule has 1 heterocycles. The van der Waals surface area contributed by atoms with Gasteiger partial charge in [-0.2, -0.15) is 0 Å². The van der Waals surface area contributed by atoms with Crippen LogP contribution in [-0.2, 0) is 14.3 Å². The molecule has 1 aromatic carbocycles. The van der Waals surface area contributed by atoms with Crippen molar-refractivity contribution in [2.24, 2.45) is 5.92 Å². The fourth-order valence-electron chi connectivity index (χ4n) is 3.34. The molecular formula is C21H27N3O4. The summed E-state index contributed by atoms with van der Waals surface area (Å²) in [7, 11) is 0. The molecule has 2 aliphatic rings. The van der Waals surface area contributed by atoms with Gasteiger partial charge in [0, 0.05) is 23.8 Å². The molecule has 150 valence electrons. The van der Waals surface area contributed by atoms with E-state index < -0.39 is 12.0 Å². The molecule has 1 saturated carbocycles. The third-order valence-corrected chi connectivity index (χ3v) is 4.91. The Balaban J connectivity index is 1.95. The van der Waals surface area contributed by atoms with Crippen LogP contribution in [0.3, 0.4) is 0 Å². The van der Waals surface area contributed by atoms with E-state index >= 15 is 0 Å². The van der Waals surface area contributed by atoms with Crippen LogP contribution in [0.1, 0.15) is 52.1 Å². The van der Waals surface area contributed by atoms with Crippen molar-refractivity contribution in [2.75, 3.05) is 11.9 Å². The summed E-state index contributed by atoms with van der Waals surface area (Å²) in [6.07, 6.45) is 1.57. The molecule has 1 fully saturated rings. The minimum absolute atomic E-state index is 0.00755. The normalized spacial score (nSPS) is 19.5. The molecule has 1 unspecified atom stereocenters. The highest BCUT2D eigenvalue weighted by Gasteiger charge is 2.36. The van der Waals surface area contributed by atoms with E-state index in [9.17, 15) is 14.4 Å². The lowest BCUT2D eigenvalue weighted by molar-refractivity contribution is -0.143. The maximum atomic E-state index is 12.8. The van der Waals surface area contributed by atoms with E-state index in [0.717, 1.165) is 12.8 Å². The molecule has 7 heteroatoms. The van der Waals surface area contributed by atoms with Gasteiger partial charge in [-0.1, -0.05) is 12.1 Å². The third kappa shape index (κ3) is 4.18. The monoisotopic (exact) mass is 385 g/mol. The average Bonchev–Trinajstić information content (AvgIpc) is 3.46. The Bertz CT molecular complexity index is 827. The average molecular weight is 385 g/mol. The summed E-state index contributed by atoms with van der Waals surface area (Å²) < 4.78 is 5.43. The van der Waals surface area contributed by atoms with Crippen LogP contribution in [0.5, 0.6) is 0 Å². The Kier molecular flexibility index (Phi) is 5.72. The summed E-state index contributed by atoms with van der Waals surface area (Å²) in [6.45, 7) is 7.62. The number of esters is 1. The molecule has 3 amide bonds. The fraction of sp³-hybridized carbons (Fsp3) is 0.476. The lowest BCUT2D eigenvalue weighted by atomic mass is 9.94.